The van der Waals surface area contributed by atoms with Gasteiger partial charge in [0.25, 0.3) is 0 Å². The molecule has 0 N–H and O–H groups in total. The zero-order chi connectivity index (χ0) is 17.7. The summed E-state index contributed by atoms with van der Waals surface area (Å²) in [5.74, 6) is 0.158. The summed E-state index contributed by atoms with van der Waals surface area (Å²) in [5, 5.41) is 0. The molecule has 128 valence electrons. The lowest BCUT2D eigenvalue weighted by molar-refractivity contribution is -0.127. The van der Waals surface area contributed by atoms with Crippen LogP contribution in [0, 0.1) is 19.7 Å². The predicted molar refractivity (Wildman–Crippen MR) is 96.1 cm³/mol. The van der Waals surface area contributed by atoms with Crippen molar-refractivity contribution in [1.82, 2.24) is 4.90 Å². The van der Waals surface area contributed by atoms with Crippen LogP contribution in [0.1, 0.15) is 16.7 Å². The topological polar surface area (TPSA) is 29.5 Å². The molecule has 0 fully saturated rings. The van der Waals surface area contributed by atoms with Crippen LogP contribution in [0.3, 0.4) is 0 Å². The summed E-state index contributed by atoms with van der Waals surface area (Å²) in [7, 11) is 3.16. The predicted octanol–water partition coefficient (Wildman–Crippen LogP) is 4.20. The van der Waals surface area contributed by atoms with Crippen LogP contribution in [0.15, 0.2) is 41.3 Å². The van der Waals surface area contributed by atoms with Crippen molar-refractivity contribution in [3.05, 3.63) is 58.9 Å². The molecular formula is C19H22FNO2S. The molecule has 2 aromatic carbocycles. The maximum absolute atomic E-state index is 13.7. The average Bonchev–Trinajstić information content (AvgIpc) is 2.55. The van der Waals surface area contributed by atoms with Crippen molar-refractivity contribution in [2.45, 2.75) is 25.3 Å². The first kappa shape index (κ1) is 18.3. The van der Waals surface area contributed by atoms with Gasteiger partial charge in [-0.05, 0) is 54.8 Å². The SMILES string of the molecule is COc1ccc(CN(C)C(=O)CSc2ccc(C)c(C)c2)cc1F. The van der Waals surface area contributed by atoms with Gasteiger partial charge in [0.2, 0.25) is 5.91 Å². The van der Waals surface area contributed by atoms with Crippen LogP contribution in [-0.4, -0.2) is 30.7 Å². The second kappa shape index (κ2) is 8.20. The van der Waals surface area contributed by atoms with Gasteiger partial charge in [0.15, 0.2) is 11.6 Å². The Kier molecular flexibility index (Phi) is 6.26. The molecule has 0 aromatic heterocycles. The lowest BCUT2D eigenvalue weighted by Gasteiger charge is -2.17. The molecule has 24 heavy (non-hydrogen) atoms. The lowest BCUT2D eigenvalue weighted by Crippen LogP contribution is -2.27. The van der Waals surface area contributed by atoms with Gasteiger partial charge in [-0.2, -0.15) is 0 Å². The fourth-order valence-corrected chi connectivity index (χ4v) is 3.16. The van der Waals surface area contributed by atoms with Gasteiger partial charge in [-0.25, -0.2) is 4.39 Å². The number of hydrogen-bond acceptors (Lipinski definition) is 3. The van der Waals surface area contributed by atoms with Gasteiger partial charge in [-0.3, -0.25) is 4.79 Å². The van der Waals surface area contributed by atoms with Gasteiger partial charge in [-0.1, -0.05) is 12.1 Å². The number of benzene rings is 2. The number of thioether (sulfide) groups is 1. The molecule has 2 aromatic rings. The Hall–Kier alpha value is -2.01. The summed E-state index contributed by atoms with van der Waals surface area (Å²) in [5.41, 5.74) is 3.19. The first-order chi connectivity index (χ1) is 11.4. The maximum Gasteiger partial charge on any atom is 0.232 e. The van der Waals surface area contributed by atoms with Gasteiger partial charge in [0.05, 0.1) is 12.9 Å². The minimum absolute atomic E-state index is 0.00875. The molecule has 0 saturated carbocycles. The van der Waals surface area contributed by atoms with Crippen molar-refractivity contribution >= 4 is 17.7 Å². The van der Waals surface area contributed by atoms with E-state index < -0.39 is 5.82 Å². The third kappa shape index (κ3) is 4.74. The van der Waals surface area contributed by atoms with Gasteiger partial charge in [-0.15, -0.1) is 11.8 Å². The van der Waals surface area contributed by atoms with Crippen LogP contribution in [0.4, 0.5) is 4.39 Å². The van der Waals surface area contributed by atoms with E-state index in [0.29, 0.717) is 12.3 Å². The molecule has 0 heterocycles. The van der Waals surface area contributed by atoms with Crippen LogP contribution < -0.4 is 4.74 Å². The minimum Gasteiger partial charge on any atom is -0.494 e. The molecule has 2 rings (SSSR count). The molecule has 0 radical (unpaired) electrons. The molecule has 0 bridgehead atoms. The molecule has 0 spiro atoms. The van der Waals surface area contributed by atoms with Crippen molar-refractivity contribution < 1.29 is 13.9 Å². The van der Waals surface area contributed by atoms with Gasteiger partial charge < -0.3 is 9.64 Å². The highest BCUT2D eigenvalue weighted by molar-refractivity contribution is 8.00. The summed E-state index contributed by atoms with van der Waals surface area (Å²) >= 11 is 1.51. The molecule has 5 heteroatoms. The highest BCUT2D eigenvalue weighted by Crippen LogP contribution is 2.22. The van der Waals surface area contributed by atoms with E-state index in [2.05, 4.69) is 26.0 Å². The molecule has 1 amide bonds. The van der Waals surface area contributed by atoms with E-state index in [-0.39, 0.29) is 11.7 Å². The number of hydrogen-bond donors (Lipinski definition) is 0. The van der Waals surface area contributed by atoms with E-state index in [4.69, 9.17) is 4.74 Å². The Morgan fingerprint density at radius 1 is 1.17 bits per heavy atom. The number of rotatable bonds is 6. The van der Waals surface area contributed by atoms with Crippen molar-refractivity contribution in [2.24, 2.45) is 0 Å². The largest absolute Gasteiger partial charge is 0.494 e. The first-order valence-electron chi connectivity index (χ1n) is 7.67. The molecular weight excluding hydrogens is 325 g/mol. The number of aryl methyl sites for hydroxylation is 2. The van der Waals surface area contributed by atoms with Crippen molar-refractivity contribution in [3.8, 4) is 5.75 Å². The molecule has 3 nitrogen and oxygen atoms in total. The van der Waals surface area contributed by atoms with Crippen LogP contribution >= 0.6 is 11.8 Å². The number of amides is 1. The summed E-state index contributed by atoms with van der Waals surface area (Å²) in [6.45, 7) is 4.50. The highest BCUT2D eigenvalue weighted by atomic mass is 32.2. The molecule has 0 unspecified atom stereocenters. The number of halogens is 1. The molecule has 0 atom stereocenters. The Bertz CT molecular complexity index is 733. The second-order valence-electron chi connectivity index (χ2n) is 5.75. The molecule has 0 aliphatic heterocycles. The van der Waals surface area contributed by atoms with E-state index in [1.165, 1.54) is 36.1 Å². The number of nitrogens with zero attached hydrogens (tertiary/aromatic N) is 1. The van der Waals surface area contributed by atoms with E-state index in [1.54, 1.807) is 24.1 Å². The monoisotopic (exact) mass is 347 g/mol. The zero-order valence-electron chi connectivity index (χ0n) is 14.4. The lowest BCUT2D eigenvalue weighted by atomic mass is 10.1. The van der Waals surface area contributed by atoms with Crippen molar-refractivity contribution in [3.63, 3.8) is 0 Å². The van der Waals surface area contributed by atoms with E-state index in [1.807, 2.05) is 6.07 Å². The number of carbonyl (C=O) groups is 1. The van der Waals surface area contributed by atoms with Crippen LogP contribution in [0.2, 0.25) is 0 Å². The van der Waals surface area contributed by atoms with Gasteiger partial charge in [0.1, 0.15) is 0 Å². The quantitative estimate of drug-likeness (QED) is 0.734. The van der Waals surface area contributed by atoms with Crippen LogP contribution in [0.25, 0.3) is 0 Å². The maximum atomic E-state index is 13.7. The van der Waals surface area contributed by atoms with Crippen molar-refractivity contribution in [2.75, 3.05) is 19.9 Å². The smallest absolute Gasteiger partial charge is 0.232 e. The third-order valence-electron chi connectivity index (χ3n) is 3.90. The first-order valence-corrected chi connectivity index (χ1v) is 8.65. The molecule has 0 aliphatic rings. The third-order valence-corrected chi connectivity index (χ3v) is 4.88. The Morgan fingerprint density at radius 3 is 2.54 bits per heavy atom. The summed E-state index contributed by atoms with van der Waals surface area (Å²) in [6, 6.07) is 10.9. The Labute approximate surface area is 146 Å². The van der Waals surface area contributed by atoms with E-state index in [0.717, 1.165) is 10.5 Å². The van der Waals surface area contributed by atoms with Gasteiger partial charge >= 0.3 is 0 Å². The molecule has 0 saturated heterocycles. The fraction of sp³-hybridized carbons (Fsp3) is 0.316. The highest BCUT2D eigenvalue weighted by Gasteiger charge is 2.12. The number of ether oxygens (including phenoxy) is 1. The normalized spacial score (nSPS) is 10.5. The van der Waals surface area contributed by atoms with Crippen molar-refractivity contribution in [1.29, 1.82) is 0 Å². The van der Waals surface area contributed by atoms with E-state index in [9.17, 15) is 9.18 Å². The Morgan fingerprint density at radius 2 is 1.92 bits per heavy atom. The zero-order valence-corrected chi connectivity index (χ0v) is 15.2. The average molecular weight is 347 g/mol. The van der Waals surface area contributed by atoms with E-state index >= 15 is 0 Å². The summed E-state index contributed by atoms with van der Waals surface area (Å²) in [4.78, 5) is 15.0. The van der Waals surface area contributed by atoms with Gasteiger partial charge in [0, 0.05) is 18.5 Å². The second-order valence-corrected chi connectivity index (χ2v) is 6.80. The Balaban J connectivity index is 1.92. The van der Waals surface area contributed by atoms with Crippen LogP contribution in [-0.2, 0) is 11.3 Å². The number of carbonyl (C=O) groups excluding carboxylic acids is 1. The summed E-state index contributed by atoms with van der Waals surface area (Å²) in [6.07, 6.45) is 0. The minimum atomic E-state index is -0.416. The standard InChI is InChI=1S/C19H22FNO2S/c1-13-5-7-16(9-14(13)2)24-12-19(22)21(3)11-15-6-8-18(23-4)17(20)10-15/h5-10H,11-12H2,1-4H3. The fourth-order valence-electron chi connectivity index (χ4n) is 2.23. The molecule has 0 aliphatic carbocycles. The van der Waals surface area contributed by atoms with Crippen LogP contribution in [0.5, 0.6) is 5.75 Å². The number of methoxy groups -OCH3 is 1. The summed E-state index contributed by atoms with van der Waals surface area (Å²) < 4.78 is 18.6.